The van der Waals surface area contributed by atoms with Crippen molar-refractivity contribution in [3.63, 3.8) is 0 Å². The minimum absolute atomic E-state index is 0.112. The molecule has 1 aliphatic heterocycles. The fraction of sp³-hybridized carbons (Fsp3) is 0.571. The molecule has 0 spiro atoms. The zero-order chi connectivity index (χ0) is 12.3. The van der Waals surface area contributed by atoms with Gasteiger partial charge in [-0.3, -0.25) is 0 Å². The Morgan fingerprint density at radius 3 is 2.76 bits per heavy atom. The Morgan fingerprint density at radius 2 is 2.12 bits per heavy atom. The number of hydrogen-bond donors (Lipinski definition) is 1. The molecule has 2 atom stereocenters. The highest BCUT2D eigenvalue weighted by molar-refractivity contribution is 5.48. The van der Waals surface area contributed by atoms with Gasteiger partial charge in [0.15, 0.2) is 0 Å². The molecule has 0 aliphatic carbocycles. The summed E-state index contributed by atoms with van der Waals surface area (Å²) in [6, 6.07) is 7.53. The second kappa shape index (κ2) is 5.50. The third-order valence-corrected chi connectivity index (χ3v) is 3.72. The lowest BCUT2D eigenvalue weighted by molar-refractivity contribution is 0.337. The number of likely N-dealkylation sites (N-methyl/N-ethyl adjacent to an activating group) is 1. The van der Waals surface area contributed by atoms with E-state index in [1.165, 1.54) is 6.42 Å². The van der Waals surface area contributed by atoms with Crippen LogP contribution in [0.2, 0.25) is 0 Å². The van der Waals surface area contributed by atoms with Gasteiger partial charge in [0.05, 0.1) is 5.69 Å². The molecule has 2 rings (SSSR count). The third kappa shape index (κ3) is 2.78. The molecule has 3 heteroatoms. The van der Waals surface area contributed by atoms with Gasteiger partial charge in [0, 0.05) is 19.1 Å². The van der Waals surface area contributed by atoms with E-state index in [4.69, 9.17) is 0 Å². The first-order valence-corrected chi connectivity index (χ1v) is 6.41. The fourth-order valence-electron chi connectivity index (χ4n) is 2.61. The Bertz CT molecular complexity index is 355. The van der Waals surface area contributed by atoms with E-state index in [9.17, 15) is 4.39 Å². The second-order valence-electron chi connectivity index (χ2n) is 4.85. The molecule has 0 radical (unpaired) electrons. The number of para-hydroxylation sites is 1. The lowest BCUT2D eigenvalue weighted by atomic mass is 9.92. The molecule has 1 fully saturated rings. The minimum Gasteiger partial charge on any atom is -0.367 e. The van der Waals surface area contributed by atoms with Crippen molar-refractivity contribution >= 4 is 5.69 Å². The number of benzene rings is 1. The molecule has 0 aromatic heterocycles. The van der Waals surface area contributed by atoms with Crippen LogP contribution in [0.15, 0.2) is 24.3 Å². The lowest BCUT2D eigenvalue weighted by Gasteiger charge is -2.39. The number of halogens is 1. The molecule has 1 aliphatic rings. The van der Waals surface area contributed by atoms with Crippen LogP contribution >= 0.6 is 0 Å². The van der Waals surface area contributed by atoms with Gasteiger partial charge in [-0.25, -0.2) is 4.39 Å². The van der Waals surface area contributed by atoms with Crippen molar-refractivity contribution in [3.8, 4) is 0 Å². The maximum absolute atomic E-state index is 13.8. The molecule has 2 unspecified atom stereocenters. The summed E-state index contributed by atoms with van der Waals surface area (Å²) in [5.41, 5.74) is 0.742. The number of nitrogens with zero attached hydrogens (tertiary/aromatic N) is 1. The molecule has 0 bridgehead atoms. The molecule has 94 valence electrons. The largest absolute Gasteiger partial charge is 0.367 e. The van der Waals surface area contributed by atoms with Crippen molar-refractivity contribution in [2.75, 3.05) is 25.0 Å². The van der Waals surface area contributed by atoms with Gasteiger partial charge in [-0.1, -0.05) is 25.5 Å². The van der Waals surface area contributed by atoms with Gasteiger partial charge in [0.25, 0.3) is 0 Å². The van der Waals surface area contributed by atoms with Gasteiger partial charge >= 0.3 is 0 Å². The monoisotopic (exact) mass is 236 g/mol. The Labute approximate surface area is 103 Å². The van der Waals surface area contributed by atoms with Crippen LogP contribution in [-0.4, -0.2) is 26.2 Å². The summed E-state index contributed by atoms with van der Waals surface area (Å²) < 4.78 is 13.8. The number of piperidine rings is 1. The third-order valence-electron chi connectivity index (χ3n) is 3.72. The van der Waals surface area contributed by atoms with Crippen LogP contribution in [0, 0.1) is 11.7 Å². The van der Waals surface area contributed by atoms with Gasteiger partial charge in [-0.05, 0) is 31.5 Å². The molecule has 1 N–H and O–H groups in total. The Balaban J connectivity index is 2.17. The molecular weight excluding hydrogens is 215 g/mol. The average Bonchev–Trinajstić information content (AvgIpc) is 2.38. The summed E-state index contributed by atoms with van der Waals surface area (Å²) in [5.74, 6) is 0.542. The van der Waals surface area contributed by atoms with Gasteiger partial charge in [0.1, 0.15) is 5.82 Å². The van der Waals surface area contributed by atoms with Crippen molar-refractivity contribution in [3.05, 3.63) is 30.1 Å². The zero-order valence-corrected chi connectivity index (χ0v) is 10.6. The smallest absolute Gasteiger partial charge is 0.146 e. The topological polar surface area (TPSA) is 15.3 Å². The van der Waals surface area contributed by atoms with E-state index in [0.717, 1.165) is 25.2 Å². The first kappa shape index (κ1) is 12.4. The van der Waals surface area contributed by atoms with E-state index in [-0.39, 0.29) is 5.82 Å². The van der Waals surface area contributed by atoms with Crippen molar-refractivity contribution in [2.45, 2.75) is 25.8 Å². The summed E-state index contributed by atoms with van der Waals surface area (Å²) in [6.45, 7) is 4.08. The van der Waals surface area contributed by atoms with Crippen LogP contribution in [0.4, 0.5) is 10.1 Å². The maximum Gasteiger partial charge on any atom is 0.146 e. The summed E-state index contributed by atoms with van der Waals surface area (Å²) in [5, 5.41) is 3.32. The molecule has 1 aromatic carbocycles. The normalized spacial score (nSPS) is 25.0. The van der Waals surface area contributed by atoms with Crippen LogP contribution in [0.1, 0.15) is 19.8 Å². The summed E-state index contributed by atoms with van der Waals surface area (Å²) >= 11 is 0. The van der Waals surface area contributed by atoms with E-state index in [1.807, 2.05) is 19.2 Å². The van der Waals surface area contributed by atoms with Gasteiger partial charge < -0.3 is 10.2 Å². The van der Waals surface area contributed by atoms with Crippen LogP contribution in [0.3, 0.4) is 0 Å². The van der Waals surface area contributed by atoms with Crippen molar-refractivity contribution in [1.82, 2.24) is 5.32 Å². The second-order valence-corrected chi connectivity index (χ2v) is 4.85. The highest BCUT2D eigenvalue weighted by Gasteiger charge is 2.26. The molecule has 2 nitrogen and oxygen atoms in total. The summed E-state index contributed by atoms with van der Waals surface area (Å²) in [4.78, 5) is 2.17. The molecule has 1 aromatic rings. The molecule has 1 heterocycles. The molecular formula is C14H21FN2. The van der Waals surface area contributed by atoms with Crippen LogP contribution in [-0.2, 0) is 0 Å². The predicted octanol–water partition coefficient (Wildman–Crippen LogP) is 2.65. The average molecular weight is 236 g/mol. The van der Waals surface area contributed by atoms with Crippen LogP contribution in [0.25, 0.3) is 0 Å². The van der Waals surface area contributed by atoms with Crippen molar-refractivity contribution in [2.24, 2.45) is 5.92 Å². The summed E-state index contributed by atoms with van der Waals surface area (Å²) in [6.07, 6.45) is 2.35. The molecule has 1 saturated heterocycles. The fourth-order valence-corrected chi connectivity index (χ4v) is 2.61. The van der Waals surface area contributed by atoms with E-state index < -0.39 is 0 Å². The van der Waals surface area contributed by atoms with Crippen molar-refractivity contribution < 1.29 is 4.39 Å². The zero-order valence-electron chi connectivity index (χ0n) is 10.6. The number of anilines is 1. The highest BCUT2D eigenvalue weighted by Crippen LogP contribution is 2.26. The maximum atomic E-state index is 13.8. The number of hydrogen-bond acceptors (Lipinski definition) is 2. The van der Waals surface area contributed by atoms with E-state index in [0.29, 0.717) is 12.0 Å². The van der Waals surface area contributed by atoms with E-state index >= 15 is 0 Å². The van der Waals surface area contributed by atoms with Gasteiger partial charge in [-0.2, -0.15) is 0 Å². The SMILES string of the molecule is CCC1CC(NC)CN(c2ccccc2F)C1. The quantitative estimate of drug-likeness (QED) is 0.868. The number of nitrogens with one attached hydrogen (secondary N) is 1. The van der Waals surface area contributed by atoms with Crippen molar-refractivity contribution in [1.29, 1.82) is 0 Å². The standard InChI is InChI=1S/C14H21FN2/c1-3-11-8-12(16-2)10-17(9-11)14-7-5-4-6-13(14)15/h4-7,11-12,16H,3,8-10H2,1-2H3. The first-order chi connectivity index (χ1) is 8.24. The number of rotatable bonds is 3. The van der Waals surface area contributed by atoms with Gasteiger partial charge in [-0.15, -0.1) is 0 Å². The first-order valence-electron chi connectivity index (χ1n) is 6.41. The molecule has 17 heavy (non-hydrogen) atoms. The predicted molar refractivity (Wildman–Crippen MR) is 69.9 cm³/mol. The Kier molecular flexibility index (Phi) is 4.00. The Morgan fingerprint density at radius 1 is 1.35 bits per heavy atom. The lowest BCUT2D eigenvalue weighted by Crippen LogP contribution is -2.48. The van der Waals surface area contributed by atoms with E-state index in [2.05, 4.69) is 17.1 Å². The highest BCUT2D eigenvalue weighted by atomic mass is 19.1. The van der Waals surface area contributed by atoms with Crippen LogP contribution < -0.4 is 10.2 Å². The van der Waals surface area contributed by atoms with Gasteiger partial charge in [0.2, 0.25) is 0 Å². The minimum atomic E-state index is -0.112. The molecule has 0 amide bonds. The summed E-state index contributed by atoms with van der Waals surface area (Å²) in [7, 11) is 1.99. The van der Waals surface area contributed by atoms with Crippen LogP contribution in [0.5, 0.6) is 0 Å². The Hall–Kier alpha value is -1.09. The van der Waals surface area contributed by atoms with E-state index in [1.54, 1.807) is 12.1 Å². The molecule has 0 saturated carbocycles.